The van der Waals surface area contributed by atoms with Gasteiger partial charge in [0.15, 0.2) is 0 Å². The Bertz CT molecular complexity index is 568. The van der Waals surface area contributed by atoms with Gasteiger partial charge in [0.25, 0.3) is 0 Å². The van der Waals surface area contributed by atoms with Gasteiger partial charge in [0.05, 0.1) is 11.4 Å². The summed E-state index contributed by atoms with van der Waals surface area (Å²) in [4.78, 5) is 7.19. The number of hydrogen-bond acceptors (Lipinski definition) is 4. The Labute approximate surface area is 112 Å². The van der Waals surface area contributed by atoms with E-state index in [-0.39, 0.29) is 0 Å². The van der Waals surface area contributed by atoms with Gasteiger partial charge in [-0.25, -0.2) is 0 Å². The van der Waals surface area contributed by atoms with E-state index < -0.39 is 0 Å². The molecule has 0 saturated carbocycles. The normalized spacial score (nSPS) is 34.2. The monoisotopic (exact) mass is 255 g/mol. The van der Waals surface area contributed by atoms with Crippen LogP contribution in [0.5, 0.6) is 0 Å². The third-order valence-electron chi connectivity index (χ3n) is 4.58. The molecule has 0 aromatic rings. The Balaban J connectivity index is 1.85. The molecular weight excluding hydrogens is 238 g/mol. The predicted molar refractivity (Wildman–Crippen MR) is 74.4 cm³/mol. The summed E-state index contributed by atoms with van der Waals surface area (Å²) < 4.78 is 0. The van der Waals surface area contributed by atoms with Crippen molar-refractivity contribution in [2.45, 2.75) is 19.3 Å². The fourth-order valence-electron chi connectivity index (χ4n) is 3.71. The van der Waals surface area contributed by atoms with Crippen LogP contribution in [0.25, 0.3) is 0 Å². The molecule has 4 aliphatic rings. The number of rotatable bonds is 0. The van der Waals surface area contributed by atoms with E-state index in [2.05, 4.69) is 34.4 Å². The zero-order valence-corrected chi connectivity index (χ0v) is 10.8. The second-order valence-electron chi connectivity index (χ2n) is 5.57. The van der Waals surface area contributed by atoms with Crippen LogP contribution in [0.2, 0.25) is 0 Å². The molecule has 1 N–H and O–H groups in total. The molecule has 0 radical (unpaired) electrons. The highest BCUT2D eigenvalue weighted by molar-refractivity contribution is 6.05. The highest BCUT2D eigenvalue weighted by atomic mass is 16.4. The minimum absolute atomic E-state index is 0.427. The number of aliphatic imine (C=N–C) groups is 1. The number of nitrogens with zero attached hydrogens (tertiary/aromatic N) is 3. The largest absolute Gasteiger partial charge is 0.411 e. The van der Waals surface area contributed by atoms with Crippen LogP contribution < -0.4 is 0 Å². The van der Waals surface area contributed by atoms with Gasteiger partial charge in [0, 0.05) is 30.6 Å². The molecule has 4 nitrogen and oxygen atoms in total. The molecule has 3 heterocycles. The van der Waals surface area contributed by atoms with Crippen molar-refractivity contribution in [2.75, 3.05) is 13.1 Å². The maximum atomic E-state index is 9.26. The standard InChI is InChI=1S/C15H17N3O/c19-17-13-6-3-8-18-9-7-11-10-4-1-2-5-12(10)16-14(11)15(13)18/h1-2,4-5,10-11,19H,3,6-9H2/t10-,11-/m1/s1. The van der Waals surface area contributed by atoms with E-state index >= 15 is 0 Å². The van der Waals surface area contributed by atoms with Crippen LogP contribution in [-0.4, -0.2) is 34.6 Å². The number of hydrogen-bond donors (Lipinski definition) is 1. The van der Waals surface area contributed by atoms with Gasteiger partial charge in [-0.15, -0.1) is 0 Å². The summed E-state index contributed by atoms with van der Waals surface area (Å²) in [5, 5.41) is 12.8. The van der Waals surface area contributed by atoms with Crippen molar-refractivity contribution >= 4 is 11.4 Å². The van der Waals surface area contributed by atoms with Crippen LogP contribution in [0.1, 0.15) is 19.3 Å². The highest BCUT2D eigenvalue weighted by Crippen LogP contribution is 2.43. The van der Waals surface area contributed by atoms with Crippen molar-refractivity contribution in [1.29, 1.82) is 0 Å². The minimum atomic E-state index is 0.427. The molecule has 0 aromatic heterocycles. The Morgan fingerprint density at radius 3 is 3.16 bits per heavy atom. The van der Waals surface area contributed by atoms with E-state index in [4.69, 9.17) is 4.99 Å². The summed E-state index contributed by atoms with van der Waals surface area (Å²) in [5.41, 5.74) is 4.24. The first kappa shape index (κ1) is 11.0. The van der Waals surface area contributed by atoms with Crippen molar-refractivity contribution < 1.29 is 5.21 Å². The van der Waals surface area contributed by atoms with Gasteiger partial charge in [-0.1, -0.05) is 23.4 Å². The minimum Gasteiger partial charge on any atom is -0.411 e. The molecule has 0 spiro atoms. The first-order valence-corrected chi connectivity index (χ1v) is 7.02. The molecule has 1 saturated heterocycles. The highest BCUT2D eigenvalue weighted by Gasteiger charge is 2.41. The van der Waals surface area contributed by atoms with E-state index in [0.717, 1.165) is 49.5 Å². The van der Waals surface area contributed by atoms with Gasteiger partial charge in [-0.2, -0.15) is 0 Å². The van der Waals surface area contributed by atoms with Crippen molar-refractivity contribution in [3.05, 3.63) is 35.7 Å². The smallest absolute Gasteiger partial charge is 0.105 e. The van der Waals surface area contributed by atoms with Crippen LogP contribution >= 0.6 is 0 Å². The van der Waals surface area contributed by atoms with Gasteiger partial charge in [0.2, 0.25) is 0 Å². The Kier molecular flexibility index (Phi) is 2.37. The zero-order valence-electron chi connectivity index (χ0n) is 10.8. The Morgan fingerprint density at radius 1 is 1.32 bits per heavy atom. The van der Waals surface area contributed by atoms with Crippen LogP contribution in [0, 0.1) is 11.8 Å². The van der Waals surface area contributed by atoms with Crippen LogP contribution in [-0.2, 0) is 0 Å². The van der Waals surface area contributed by atoms with E-state index in [1.165, 1.54) is 5.71 Å². The third-order valence-corrected chi connectivity index (χ3v) is 4.58. The van der Waals surface area contributed by atoms with Crippen molar-refractivity contribution in [3.63, 3.8) is 0 Å². The molecule has 98 valence electrons. The molecule has 19 heavy (non-hydrogen) atoms. The van der Waals surface area contributed by atoms with Gasteiger partial charge < -0.3 is 10.1 Å². The lowest BCUT2D eigenvalue weighted by atomic mass is 9.81. The molecule has 2 atom stereocenters. The zero-order chi connectivity index (χ0) is 12.8. The topological polar surface area (TPSA) is 48.2 Å². The van der Waals surface area contributed by atoms with E-state index in [0.29, 0.717) is 11.8 Å². The van der Waals surface area contributed by atoms with Crippen molar-refractivity contribution in [2.24, 2.45) is 22.0 Å². The fourth-order valence-corrected chi connectivity index (χ4v) is 3.71. The summed E-state index contributed by atoms with van der Waals surface area (Å²) in [6.45, 7) is 2.12. The molecule has 0 bridgehead atoms. The lowest BCUT2D eigenvalue weighted by molar-refractivity contribution is 0.268. The maximum Gasteiger partial charge on any atom is 0.105 e. The maximum absolute atomic E-state index is 9.26. The molecule has 0 amide bonds. The third kappa shape index (κ3) is 1.52. The lowest BCUT2D eigenvalue weighted by Crippen LogP contribution is -2.40. The second kappa shape index (κ2) is 4.08. The summed E-state index contributed by atoms with van der Waals surface area (Å²) in [6, 6.07) is 0. The molecule has 4 rings (SSSR count). The van der Waals surface area contributed by atoms with E-state index in [1.54, 1.807) is 0 Å². The molecule has 1 aliphatic carbocycles. The molecule has 4 heteroatoms. The predicted octanol–water partition coefficient (Wildman–Crippen LogP) is 2.34. The van der Waals surface area contributed by atoms with Crippen LogP contribution in [0.3, 0.4) is 0 Å². The first-order chi connectivity index (χ1) is 9.38. The Morgan fingerprint density at radius 2 is 2.26 bits per heavy atom. The Hall–Kier alpha value is -1.84. The number of oxime groups is 1. The summed E-state index contributed by atoms with van der Waals surface area (Å²) >= 11 is 0. The van der Waals surface area contributed by atoms with Gasteiger partial charge in [-0.3, -0.25) is 4.99 Å². The molecular formula is C15H17N3O. The van der Waals surface area contributed by atoms with Crippen molar-refractivity contribution in [1.82, 2.24) is 4.90 Å². The number of fused-ring (bicyclic) bond motifs is 4. The number of allylic oxidation sites excluding steroid dienone is 6. The van der Waals surface area contributed by atoms with Gasteiger partial charge in [0.1, 0.15) is 5.71 Å². The summed E-state index contributed by atoms with van der Waals surface area (Å²) in [6.07, 6.45) is 11.6. The first-order valence-electron chi connectivity index (χ1n) is 7.02. The van der Waals surface area contributed by atoms with Crippen LogP contribution in [0.4, 0.5) is 0 Å². The van der Waals surface area contributed by atoms with Gasteiger partial charge >= 0.3 is 0 Å². The molecule has 0 unspecified atom stereocenters. The van der Waals surface area contributed by atoms with E-state index in [1.807, 2.05) is 0 Å². The van der Waals surface area contributed by atoms with Crippen LogP contribution in [0.15, 0.2) is 45.8 Å². The lowest BCUT2D eigenvalue weighted by Gasteiger charge is -2.38. The van der Waals surface area contributed by atoms with Crippen molar-refractivity contribution in [3.8, 4) is 0 Å². The molecule has 0 aromatic carbocycles. The average Bonchev–Trinajstić information content (AvgIpc) is 2.85. The quantitative estimate of drug-likeness (QED) is 0.533. The van der Waals surface area contributed by atoms with Gasteiger partial charge in [-0.05, 0) is 25.3 Å². The molecule has 3 aliphatic heterocycles. The summed E-state index contributed by atoms with van der Waals surface area (Å²) in [7, 11) is 0. The van der Waals surface area contributed by atoms with E-state index in [9.17, 15) is 5.21 Å². The average molecular weight is 255 g/mol. The number of piperidine rings is 1. The fraction of sp³-hybridized carbons (Fsp3) is 0.467. The summed E-state index contributed by atoms with van der Waals surface area (Å²) in [5.74, 6) is 0.897. The SMILES string of the molecule is ON=C1CCCN2CC[C@H]3C(=C12)N=C1C=CC=C[C@@H]13. The second-order valence-corrected chi connectivity index (χ2v) is 5.57. The molecule has 1 fully saturated rings.